The highest BCUT2D eigenvalue weighted by Gasteiger charge is 2.30. The molecule has 0 saturated heterocycles. The highest BCUT2D eigenvalue weighted by molar-refractivity contribution is 5.68. The minimum Gasteiger partial charge on any atom is -0.383 e. The first-order valence-electron chi connectivity index (χ1n) is 7.32. The lowest BCUT2D eigenvalue weighted by molar-refractivity contribution is 0.508. The topological polar surface area (TPSA) is 61.7 Å². The molecule has 0 amide bonds. The maximum atomic E-state index is 6.35. The van der Waals surface area contributed by atoms with Gasteiger partial charge in [-0.25, -0.2) is 9.97 Å². The molecule has 2 heterocycles. The molecule has 108 valence electrons. The van der Waals surface area contributed by atoms with E-state index in [1.54, 1.807) is 0 Å². The molecular formula is C15H23N5. The molecule has 0 aliphatic heterocycles. The monoisotopic (exact) mass is 273 g/mol. The molecule has 3 rings (SSSR count). The van der Waals surface area contributed by atoms with E-state index in [1.807, 2.05) is 12.5 Å². The van der Waals surface area contributed by atoms with E-state index in [2.05, 4.69) is 41.8 Å². The van der Waals surface area contributed by atoms with Crippen molar-refractivity contribution in [3.63, 3.8) is 0 Å². The van der Waals surface area contributed by atoms with E-state index in [0.29, 0.717) is 6.04 Å². The molecule has 5 heteroatoms. The molecule has 0 spiro atoms. The second kappa shape index (κ2) is 4.36. The third kappa shape index (κ3) is 2.01. The van der Waals surface area contributed by atoms with Gasteiger partial charge in [-0.3, -0.25) is 0 Å². The highest BCUT2D eigenvalue weighted by atomic mass is 15.2. The highest BCUT2D eigenvalue weighted by Crippen LogP contribution is 2.40. The third-order valence-corrected chi connectivity index (χ3v) is 3.84. The summed E-state index contributed by atoms with van der Waals surface area (Å²) in [6.45, 7) is 9.45. The van der Waals surface area contributed by atoms with Crippen molar-refractivity contribution in [1.29, 1.82) is 0 Å². The minimum atomic E-state index is -0.0210. The molecule has 0 unspecified atom stereocenters. The second-order valence-electron chi connectivity index (χ2n) is 6.58. The van der Waals surface area contributed by atoms with Crippen molar-refractivity contribution in [2.75, 3.05) is 5.73 Å². The zero-order chi connectivity index (χ0) is 14.5. The van der Waals surface area contributed by atoms with Gasteiger partial charge in [0, 0.05) is 18.0 Å². The lowest BCUT2D eigenvalue weighted by Crippen LogP contribution is -2.19. The van der Waals surface area contributed by atoms with E-state index in [-0.39, 0.29) is 5.41 Å². The summed E-state index contributed by atoms with van der Waals surface area (Å²) in [5.41, 5.74) is 8.25. The standard InChI is InChI=1S/C15H23N5/c1-5-19-13(16)12(18-14(19)15(2,3)4)11-8-17-9-20(11)10-6-7-10/h8-10H,5-7,16H2,1-4H3. The van der Waals surface area contributed by atoms with Gasteiger partial charge in [-0.1, -0.05) is 20.8 Å². The maximum Gasteiger partial charge on any atom is 0.133 e. The Kier molecular flexibility index (Phi) is 2.88. The summed E-state index contributed by atoms with van der Waals surface area (Å²) < 4.78 is 4.32. The molecule has 0 aromatic carbocycles. The molecule has 1 aliphatic carbocycles. The largest absolute Gasteiger partial charge is 0.383 e. The van der Waals surface area contributed by atoms with Crippen LogP contribution in [-0.2, 0) is 12.0 Å². The van der Waals surface area contributed by atoms with Crippen LogP contribution in [0.1, 0.15) is 52.4 Å². The molecule has 1 fully saturated rings. The Morgan fingerprint density at radius 1 is 1.35 bits per heavy atom. The Morgan fingerprint density at radius 3 is 2.55 bits per heavy atom. The first kappa shape index (κ1) is 13.2. The Bertz CT molecular complexity index is 625. The van der Waals surface area contributed by atoms with Crippen LogP contribution >= 0.6 is 0 Å². The Labute approximate surface area is 119 Å². The van der Waals surface area contributed by atoms with Crippen LogP contribution in [0.4, 0.5) is 5.82 Å². The van der Waals surface area contributed by atoms with E-state index >= 15 is 0 Å². The van der Waals surface area contributed by atoms with Gasteiger partial charge >= 0.3 is 0 Å². The number of hydrogen-bond acceptors (Lipinski definition) is 3. The van der Waals surface area contributed by atoms with Gasteiger partial charge < -0.3 is 14.9 Å². The molecule has 2 aromatic rings. The Morgan fingerprint density at radius 2 is 2.05 bits per heavy atom. The lowest BCUT2D eigenvalue weighted by Gasteiger charge is -2.19. The second-order valence-corrected chi connectivity index (χ2v) is 6.58. The van der Waals surface area contributed by atoms with Crippen molar-refractivity contribution < 1.29 is 0 Å². The first-order chi connectivity index (χ1) is 9.43. The number of rotatable bonds is 3. The van der Waals surface area contributed by atoms with Crippen molar-refractivity contribution in [1.82, 2.24) is 19.1 Å². The fourth-order valence-electron chi connectivity index (χ4n) is 2.68. The summed E-state index contributed by atoms with van der Waals surface area (Å²) in [5, 5.41) is 0. The van der Waals surface area contributed by atoms with Crippen LogP contribution in [-0.4, -0.2) is 19.1 Å². The van der Waals surface area contributed by atoms with Crippen LogP contribution in [0.3, 0.4) is 0 Å². The number of aromatic nitrogens is 4. The van der Waals surface area contributed by atoms with Gasteiger partial charge in [-0.2, -0.15) is 0 Å². The summed E-state index contributed by atoms with van der Waals surface area (Å²) in [6.07, 6.45) is 6.23. The SMILES string of the molecule is CCn1c(C(C)(C)C)nc(-c2cncn2C2CC2)c1N. The fraction of sp³-hybridized carbons (Fsp3) is 0.600. The molecule has 2 aromatic heterocycles. The predicted molar refractivity (Wildman–Crippen MR) is 80.5 cm³/mol. The molecule has 0 radical (unpaired) electrons. The summed E-state index contributed by atoms with van der Waals surface area (Å²) >= 11 is 0. The van der Waals surface area contributed by atoms with Crippen LogP contribution in [0.25, 0.3) is 11.4 Å². The smallest absolute Gasteiger partial charge is 0.133 e. The zero-order valence-electron chi connectivity index (χ0n) is 12.7. The maximum absolute atomic E-state index is 6.35. The van der Waals surface area contributed by atoms with E-state index in [4.69, 9.17) is 10.7 Å². The van der Waals surface area contributed by atoms with Gasteiger partial charge in [-0.05, 0) is 19.8 Å². The predicted octanol–water partition coefficient (Wildman–Crippen LogP) is 2.98. The molecule has 2 N–H and O–H groups in total. The Hall–Kier alpha value is -1.78. The number of nitrogens with two attached hydrogens (primary N) is 1. The molecule has 1 aliphatic rings. The third-order valence-electron chi connectivity index (χ3n) is 3.84. The van der Waals surface area contributed by atoms with Crippen LogP contribution in [0.15, 0.2) is 12.5 Å². The summed E-state index contributed by atoms with van der Waals surface area (Å²) in [5.74, 6) is 1.79. The minimum absolute atomic E-state index is 0.0210. The Balaban J connectivity index is 2.14. The van der Waals surface area contributed by atoms with Crippen molar-refractivity contribution in [2.45, 2.75) is 58.5 Å². The van der Waals surface area contributed by atoms with Crippen LogP contribution < -0.4 is 5.73 Å². The van der Waals surface area contributed by atoms with E-state index in [9.17, 15) is 0 Å². The van der Waals surface area contributed by atoms with Gasteiger partial charge in [-0.15, -0.1) is 0 Å². The van der Waals surface area contributed by atoms with Crippen LogP contribution in [0.5, 0.6) is 0 Å². The van der Waals surface area contributed by atoms with Crippen molar-refractivity contribution >= 4 is 5.82 Å². The van der Waals surface area contributed by atoms with E-state index in [1.165, 1.54) is 12.8 Å². The lowest BCUT2D eigenvalue weighted by atomic mass is 9.96. The average Bonchev–Trinajstić information content (AvgIpc) is 3.00. The summed E-state index contributed by atoms with van der Waals surface area (Å²) in [7, 11) is 0. The van der Waals surface area contributed by atoms with Gasteiger partial charge in [0.25, 0.3) is 0 Å². The van der Waals surface area contributed by atoms with Gasteiger partial charge in [0.1, 0.15) is 17.3 Å². The van der Waals surface area contributed by atoms with Crippen molar-refractivity contribution in [3.8, 4) is 11.4 Å². The zero-order valence-corrected chi connectivity index (χ0v) is 12.7. The molecule has 20 heavy (non-hydrogen) atoms. The number of hydrogen-bond donors (Lipinski definition) is 1. The quantitative estimate of drug-likeness (QED) is 0.935. The molecule has 0 atom stereocenters. The van der Waals surface area contributed by atoms with Crippen molar-refractivity contribution in [2.24, 2.45) is 0 Å². The first-order valence-corrected chi connectivity index (χ1v) is 7.32. The van der Waals surface area contributed by atoms with E-state index in [0.717, 1.165) is 29.6 Å². The molecule has 1 saturated carbocycles. The molecular weight excluding hydrogens is 250 g/mol. The van der Waals surface area contributed by atoms with Crippen molar-refractivity contribution in [3.05, 3.63) is 18.3 Å². The fourth-order valence-corrected chi connectivity index (χ4v) is 2.68. The number of anilines is 1. The summed E-state index contributed by atoms with van der Waals surface area (Å²) in [6, 6.07) is 0.580. The van der Waals surface area contributed by atoms with Gasteiger partial charge in [0.15, 0.2) is 0 Å². The average molecular weight is 273 g/mol. The van der Waals surface area contributed by atoms with E-state index < -0.39 is 0 Å². The van der Waals surface area contributed by atoms with Crippen LogP contribution in [0, 0.1) is 0 Å². The molecule has 0 bridgehead atoms. The molecule has 5 nitrogen and oxygen atoms in total. The number of nitrogens with zero attached hydrogens (tertiary/aromatic N) is 4. The van der Waals surface area contributed by atoms with Crippen LogP contribution in [0.2, 0.25) is 0 Å². The number of nitrogen functional groups attached to an aromatic ring is 1. The van der Waals surface area contributed by atoms with Gasteiger partial charge in [0.2, 0.25) is 0 Å². The normalized spacial score (nSPS) is 15.8. The van der Waals surface area contributed by atoms with Gasteiger partial charge in [0.05, 0.1) is 18.2 Å². The number of imidazole rings is 2. The summed E-state index contributed by atoms with van der Waals surface area (Å²) in [4.78, 5) is 9.13.